The molecule has 1 saturated carbocycles. The molecule has 8 heteroatoms. The van der Waals surface area contributed by atoms with Gasteiger partial charge in [0.05, 0.1) is 11.3 Å². The van der Waals surface area contributed by atoms with Crippen LogP contribution in [0.1, 0.15) is 12.8 Å². The number of aliphatic imine (C=N–C) groups is 1. The first kappa shape index (κ1) is 15.2. The molecule has 0 radical (unpaired) electrons. The fourth-order valence-electron chi connectivity index (χ4n) is 2.59. The van der Waals surface area contributed by atoms with E-state index in [0.717, 1.165) is 45.0 Å². The van der Waals surface area contributed by atoms with Gasteiger partial charge in [-0.15, -0.1) is 0 Å². The van der Waals surface area contributed by atoms with Gasteiger partial charge >= 0.3 is 0 Å². The van der Waals surface area contributed by atoms with Crippen LogP contribution in [0.4, 0.5) is 5.95 Å². The number of rotatable bonds is 4. The maximum Gasteiger partial charge on any atom is 0.225 e. The molecule has 1 aromatic heterocycles. The zero-order valence-electron chi connectivity index (χ0n) is 12.8. The molecule has 2 heterocycles. The third-order valence-electron chi connectivity index (χ3n) is 4.39. The van der Waals surface area contributed by atoms with Crippen molar-refractivity contribution in [2.45, 2.75) is 17.6 Å². The van der Waals surface area contributed by atoms with Crippen molar-refractivity contribution >= 4 is 22.7 Å². The van der Waals surface area contributed by atoms with Crippen LogP contribution in [0.5, 0.6) is 0 Å². The van der Waals surface area contributed by atoms with Crippen LogP contribution in [-0.4, -0.2) is 68.8 Å². The predicted octanol–water partition coefficient (Wildman–Crippen LogP) is -0.176. The molecule has 2 aliphatic rings. The molecule has 1 atom stereocenters. The lowest BCUT2D eigenvalue weighted by Crippen LogP contribution is -2.51. The SMILES string of the molecule is CS(=O)C1(CN=C(N)N2CCN(c3ncccn3)CC2)CC1. The molecule has 0 aromatic carbocycles. The van der Waals surface area contributed by atoms with E-state index in [1.54, 1.807) is 18.6 Å². The number of nitrogens with two attached hydrogens (primary N) is 1. The van der Waals surface area contributed by atoms with Gasteiger partial charge in [-0.2, -0.15) is 0 Å². The minimum absolute atomic E-state index is 0.107. The Kier molecular flexibility index (Phi) is 4.28. The molecule has 1 aromatic rings. The second-order valence-corrected chi connectivity index (χ2v) is 7.61. The summed E-state index contributed by atoms with van der Waals surface area (Å²) in [7, 11) is -0.823. The lowest BCUT2D eigenvalue weighted by Gasteiger charge is -2.35. The topological polar surface area (TPSA) is 87.7 Å². The van der Waals surface area contributed by atoms with Crippen LogP contribution >= 0.6 is 0 Å². The second kappa shape index (κ2) is 6.20. The first-order valence-electron chi connectivity index (χ1n) is 7.51. The van der Waals surface area contributed by atoms with Crippen LogP contribution in [0.3, 0.4) is 0 Å². The summed E-state index contributed by atoms with van der Waals surface area (Å²) < 4.78 is 11.6. The van der Waals surface area contributed by atoms with E-state index in [2.05, 4.69) is 24.8 Å². The molecular weight excluding hydrogens is 300 g/mol. The summed E-state index contributed by atoms with van der Waals surface area (Å²) in [6.07, 6.45) is 7.25. The van der Waals surface area contributed by atoms with E-state index in [4.69, 9.17) is 5.73 Å². The Morgan fingerprint density at radius 1 is 1.32 bits per heavy atom. The summed E-state index contributed by atoms with van der Waals surface area (Å²) in [5.74, 6) is 1.32. The summed E-state index contributed by atoms with van der Waals surface area (Å²) >= 11 is 0. The van der Waals surface area contributed by atoms with Crippen molar-refractivity contribution in [2.75, 3.05) is 43.9 Å². The fourth-order valence-corrected chi connectivity index (χ4v) is 3.51. The largest absolute Gasteiger partial charge is 0.370 e. The van der Waals surface area contributed by atoms with Crippen LogP contribution in [0.2, 0.25) is 0 Å². The van der Waals surface area contributed by atoms with Crippen molar-refractivity contribution in [1.29, 1.82) is 0 Å². The van der Waals surface area contributed by atoms with E-state index in [9.17, 15) is 4.21 Å². The van der Waals surface area contributed by atoms with Gasteiger partial charge in [-0.1, -0.05) is 0 Å². The Hall–Kier alpha value is -1.70. The van der Waals surface area contributed by atoms with E-state index >= 15 is 0 Å². The highest BCUT2D eigenvalue weighted by Gasteiger charge is 2.46. The molecule has 1 unspecified atom stereocenters. The standard InChI is InChI=1S/C14H22N6OS/c1-22(21)14(3-4-14)11-18-12(15)19-7-9-20(10-8-19)13-16-5-2-6-17-13/h2,5-6H,3-4,7-11H2,1H3,(H2,15,18). The molecule has 2 fully saturated rings. The van der Waals surface area contributed by atoms with Gasteiger partial charge in [0, 0.05) is 55.6 Å². The molecule has 3 rings (SSSR count). The van der Waals surface area contributed by atoms with Crippen LogP contribution in [0.25, 0.3) is 0 Å². The molecule has 2 N–H and O–H groups in total. The van der Waals surface area contributed by atoms with Gasteiger partial charge in [0.1, 0.15) is 0 Å². The number of hydrogen-bond donors (Lipinski definition) is 1. The first-order valence-corrected chi connectivity index (χ1v) is 9.07. The van der Waals surface area contributed by atoms with Crippen LogP contribution in [-0.2, 0) is 10.8 Å². The Morgan fingerprint density at radius 3 is 2.50 bits per heavy atom. The Bertz CT molecular complexity index is 566. The minimum Gasteiger partial charge on any atom is -0.370 e. The summed E-state index contributed by atoms with van der Waals surface area (Å²) in [5, 5.41) is 0. The number of piperazine rings is 1. The molecule has 0 spiro atoms. The average Bonchev–Trinajstić information content (AvgIpc) is 3.35. The maximum absolute atomic E-state index is 11.7. The molecule has 1 aliphatic heterocycles. The summed E-state index contributed by atoms with van der Waals surface area (Å²) in [6, 6.07) is 1.82. The third kappa shape index (κ3) is 3.21. The van der Waals surface area contributed by atoms with Gasteiger partial charge in [-0.05, 0) is 18.9 Å². The zero-order valence-corrected chi connectivity index (χ0v) is 13.6. The number of anilines is 1. The van der Waals surface area contributed by atoms with Crippen molar-refractivity contribution in [3.05, 3.63) is 18.5 Å². The van der Waals surface area contributed by atoms with E-state index in [1.807, 2.05) is 6.07 Å². The molecule has 1 saturated heterocycles. The van der Waals surface area contributed by atoms with Crippen LogP contribution in [0, 0.1) is 0 Å². The van der Waals surface area contributed by atoms with Gasteiger partial charge in [-0.3, -0.25) is 9.20 Å². The summed E-state index contributed by atoms with van der Waals surface area (Å²) in [4.78, 5) is 17.2. The number of aromatic nitrogens is 2. The van der Waals surface area contributed by atoms with Gasteiger partial charge < -0.3 is 15.5 Å². The van der Waals surface area contributed by atoms with Crippen molar-refractivity contribution in [1.82, 2.24) is 14.9 Å². The highest BCUT2D eigenvalue weighted by molar-refractivity contribution is 7.86. The van der Waals surface area contributed by atoms with E-state index < -0.39 is 10.8 Å². The first-order chi connectivity index (χ1) is 10.6. The highest BCUT2D eigenvalue weighted by atomic mass is 32.2. The molecule has 7 nitrogen and oxygen atoms in total. The quantitative estimate of drug-likeness (QED) is 0.611. The maximum atomic E-state index is 11.7. The molecule has 120 valence electrons. The van der Waals surface area contributed by atoms with Gasteiger partial charge in [-0.25, -0.2) is 9.97 Å². The Labute approximate surface area is 133 Å². The molecule has 0 amide bonds. The smallest absolute Gasteiger partial charge is 0.225 e. The lowest BCUT2D eigenvalue weighted by atomic mass is 10.3. The molecule has 22 heavy (non-hydrogen) atoms. The van der Waals surface area contributed by atoms with Gasteiger partial charge in [0.25, 0.3) is 0 Å². The van der Waals surface area contributed by atoms with Crippen molar-refractivity contribution in [3.63, 3.8) is 0 Å². The fraction of sp³-hybridized carbons (Fsp3) is 0.643. The Balaban J connectivity index is 1.54. The number of nitrogens with zero attached hydrogens (tertiary/aromatic N) is 5. The lowest BCUT2D eigenvalue weighted by molar-refractivity contribution is 0.378. The van der Waals surface area contributed by atoms with Gasteiger partial charge in [0.15, 0.2) is 5.96 Å². The summed E-state index contributed by atoms with van der Waals surface area (Å²) in [6.45, 7) is 3.83. The zero-order chi connectivity index (χ0) is 15.6. The average molecular weight is 322 g/mol. The van der Waals surface area contributed by atoms with Gasteiger partial charge in [0.2, 0.25) is 5.95 Å². The highest BCUT2D eigenvalue weighted by Crippen LogP contribution is 2.41. The van der Waals surface area contributed by atoms with E-state index in [1.165, 1.54) is 0 Å². The monoisotopic (exact) mass is 322 g/mol. The van der Waals surface area contributed by atoms with Crippen LogP contribution in [0.15, 0.2) is 23.5 Å². The normalized spacial score (nSPS) is 22.5. The Morgan fingerprint density at radius 2 is 1.95 bits per heavy atom. The number of guanidine groups is 1. The minimum atomic E-state index is -0.823. The summed E-state index contributed by atoms with van der Waals surface area (Å²) in [5.41, 5.74) is 6.09. The van der Waals surface area contributed by atoms with E-state index in [0.29, 0.717) is 12.5 Å². The van der Waals surface area contributed by atoms with Crippen molar-refractivity contribution in [3.8, 4) is 0 Å². The molecular formula is C14H22N6OS. The molecule has 0 bridgehead atoms. The molecule has 1 aliphatic carbocycles. The van der Waals surface area contributed by atoms with E-state index in [-0.39, 0.29) is 4.75 Å². The van der Waals surface area contributed by atoms with Crippen LogP contribution < -0.4 is 10.6 Å². The second-order valence-electron chi connectivity index (χ2n) is 5.83. The third-order valence-corrected chi connectivity index (χ3v) is 6.14. The number of hydrogen-bond acceptors (Lipinski definition) is 5. The predicted molar refractivity (Wildman–Crippen MR) is 88.3 cm³/mol. The van der Waals surface area contributed by atoms with Crippen molar-refractivity contribution < 1.29 is 4.21 Å². The van der Waals surface area contributed by atoms with Crippen molar-refractivity contribution in [2.24, 2.45) is 10.7 Å².